The van der Waals surface area contributed by atoms with Crippen molar-refractivity contribution in [2.45, 2.75) is 29.2 Å². The van der Waals surface area contributed by atoms with Gasteiger partial charge in [-0.1, -0.05) is 12.1 Å². The Morgan fingerprint density at radius 3 is 2.40 bits per heavy atom. The second-order valence-electron chi connectivity index (χ2n) is 6.76. The number of nitrogens with zero attached hydrogens (tertiary/aromatic N) is 2. The molecule has 1 fully saturated rings. The number of nitro groups is 1. The summed E-state index contributed by atoms with van der Waals surface area (Å²) in [5.41, 5.74) is 0.504. The van der Waals surface area contributed by atoms with Gasteiger partial charge in [-0.05, 0) is 43.7 Å². The molecule has 0 amide bonds. The van der Waals surface area contributed by atoms with Gasteiger partial charge < -0.3 is 5.32 Å². The van der Waals surface area contributed by atoms with E-state index >= 15 is 0 Å². The van der Waals surface area contributed by atoms with E-state index in [0.717, 1.165) is 18.9 Å². The molecule has 0 unspecified atom stereocenters. The van der Waals surface area contributed by atoms with E-state index in [9.17, 15) is 26.9 Å². The van der Waals surface area contributed by atoms with Gasteiger partial charge in [0.2, 0.25) is 20.0 Å². The Morgan fingerprint density at radius 1 is 1.07 bits per heavy atom. The van der Waals surface area contributed by atoms with Crippen LogP contribution in [0.4, 0.5) is 11.4 Å². The Kier molecular flexibility index (Phi) is 6.41. The van der Waals surface area contributed by atoms with E-state index in [1.54, 1.807) is 12.1 Å². The summed E-state index contributed by atoms with van der Waals surface area (Å²) in [6.07, 6.45) is 1.48. The van der Waals surface area contributed by atoms with Crippen LogP contribution in [0.15, 0.2) is 52.3 Å². The number of nitrogens with one attached hydrogen (secondary N) is 2. The molecule has 1 saturated heterocycles. The summed E-state index contributed by atoms with van der Waals surface area (Å²) < 4.78 is 53.6. The fourth-order valence-corrected chi connectivity index (χ4v) is 5.69. The Hall–Kier alpha value is -2.54. The molecular weight excluding hydrogens is 432 g/mol. The Labute approximate surface area is 175 Å². The van der Waals surface area contributed by atoms with Crippen molar-refractivity contribution in [3.63, 3.8) is 0 Å². The lowest BCUT2D eigenvalue weighted by Crippen LogP contribution is -2.28. The van der Waals surface area contributed by atoms with Crippen molar-refractivity contribution in [3.8, 4) is 0 Å². The van der Waals surface area contributed by atoms with Crippen LogP contribution in [0, 0.1) is 10.1 Å². The number of hydrogen-bond donors (Lipinski definition) is 2. The Bertz CT molecular complexity index is 1160. The molecule has 0 atom stereocenters. The zero-order valence-electron chi connectivity index (χ0n) is 16.2. The number of sulfonamides is 2. The van der Waals surface area contributed by atoms with Crippen molar-refractivity contribution in [1.82, 2.24) is 9.03 Å². The molecule has 0 spiro atoms. The first-order valence-electron chi connectivity index (χ1n) is 9.20. The number of benzene rings is 2. The minimum Gasteiger partial charge on any atom is -0.380 e. The Balaban J connectivity index is 1.93. The van der Waals surface area contributed by atoms with Crippen molar-refractivity contribution in [3.05, 3.63) is 58.1 Å². The number of anilines is 1. The molecular formula is C18H22N4O6S2. The molecule has 3 rings (SSSR count). The second kappa shape index (κ2) is 8.68. The van der Waals surface area contributed by atoms with Gasteiger partial charge in [-0.3, -0.25) is 10.1 Å². The lowest BCUT2D eigenvalue weighted by molar-refractivity contribution is -0.385. The summed E-state index contributed by atoms with van der Waals surface area (Å²) in [6, 6.07) is 9.84. The second-order valence-corrected chi connectivity index (χ2v) is 10.6. The molecule has 10 nitrogen and oxygen atoms in total. The van der Waals surface area contributed by atoms with Crippen LogP contribution in [-0.2, 0) is 26.6 Å². The zero-order chi connectivity index (χ0) is 21.9. The highest BCUT2D eigenvalue weighted by Crippen LogP contribution is 2.31. The van der Waals surface area contributed by atoms with Crippen molar-refractivity contribution < 1.29 is 21.8 Å². The minimum atomic E-state index is -3.90. The van der Waals surface area contributed by atoms with E-state index < -0.39 is 25.0 Å². The summed E-state index contributed by atoms with van der Waals surface area (Å²) in [4.78, 5) is 10.4. The van der Waals surface area contributed by atoms with E-state index in [1.165, 1.54) is 35.6 Å². The summed E-state index contributed by atoms with van der Waals surface area (Å²) in [6.45, 7) is 0.871. The molecule has 0 aliphatic carbocycles. The maximum atomic E-state index is 13.0. The number of rotatable bonds is 8. The first-order valence-corrected chi connectivity index (χ1v) is 12.1. The first-order chi connectivity index (χ1) is 14.1. The summed E-state index contributed by atoms with van der Waals surface area (Å²) >= 11 is 0. The third-order valence-corrected chi connectivity index (χ3v) is 8.17. The maximum Gasteiger partial charge on any atom is 0.270 e. The van der Waals surface area contributed by atoms with E-state index in [-0.39, 0.29) is 27.7 Å². The molecule has 0 saturated carbocycles. The van der Waals surface area contributed by atoms with Gasteiger partial charge >= 0.3 is 0 Å². The molecule has 2 aromatic rings. The number of nitro benzene ring substituents is 1. The summed E-state index contributed by atoms with van der Waals surface area (Å²) in [5, 5.41) is 14.1. The van der Waals surface area contributed by atoms with Crippen molar-refractivity contribution >= 4 is 31.4 Å². The topological polar surface area (TPSA) is 139 Å². The quantitative estimate of drug-likeness (QED) is 0.459. The van der Waals surface area contributed by atoms with Crippen molar-refractivity contribution in [2.75, 3.05) is 25.5 Å². The highest BCUT2D eigenvalue weighted by Gasteiger charge is 2.31. The molecule has 1 aliphatic rings. The monoisotopic (exact) mass is 454 g/mol. The maximum absolute atomic E-state index is 13.0. The van der Waals surface area contributed by atoms with Crippen LogP contribution in [0.2, 0.25) is 0 Å². The molecule has 0 bridgehead atoms. The normalized spacial score (nSPS) is 15.2. The van der Waals surface area contributed by atoms with Gasteiger partial charge in [-0.15, -0.1) is 0 Å². The van der Waals surface area contributed by atoms with Gasteiger partial charge in [0.1, 0.15) is 4.90 Å². The lowest BCUT2D eigenvalue weighted by Gasteiger charge is -2.19. The smallest absolute Gasteiger partial charge is 0.270 e. The Morgan fingerprint density at radius 2 is 1.77 bits per heavy atom. The third kappa shape index (κ3) is 4.61. The fraction of sp³-hybridized carbons (Fsp3) is 0.333. The molecule has 1 heterocycles. The molecule has 0 aromatic heterocycles. The number of hydrogen-bond acceptors (Lipinski definition) is 7. The van der Waals surface area contributed by atoms with Crippen molar-refractivity contribution in [2.24, 2.45) is 0 Å². The van der Waals surface area contributed by atoms with Gasteiger partial charge in [0, 0.05) is 31.8 Å². The average molecular weight is 455 g/mol. The molecule has 162 valence electrons. The van der Waals surface area contributed by atoms with Crippen molar-refractivity contribution in [1.29, 1.82) is 0 Å². The summed E-state index contributed by atoms with van der Waals surface area (Å²) in [5.74, 6) is 0. The van der Waals surface area contributed by atoms with Crippen LogP contribution in [0.5, 0.6) is 0 Å². The van der Waals surface area contributed by atoms with Gasteiger partial charge in [-0.2, -0.15) is 4.31 Å². The van der Waals surface area contributed by atoms with Gasteiger partial charge in [0.25, 0.3) is 5.69 Å². The largest absolute Gasteiger partial charge is 0.380 e. The highest BCUT2D eigenvalue weighted by atomic mass is 32.2. The summed E-state index contributed by atoms with van der Waals surface area (Å²) in [7, 11) is -6.21. The number of non-ortho nitro benzene ring substituents is 1. The zero-order valence-corrected chi connectivity index (χ0v) is 17.9. The fourth-order valence-electron chi connectivity index (χ4n) is 3.19. The molecule has 0 radical (unpaired) electrons. The third-order valence-electron chi connectivity index (χ3n) is 4.82. The van der Waals surface area contributed by atoms with E-state index in [2.05, 4.69) is 10.0 Å². The van der Waals surface area contributed by atoms with Gasteiger partial charge in [0.05, 0.1) is 15.5 Å². The lowest BCUT2D eigenvalue weighted by atomic mass is 10.2. The SMILES string of the molecule is CNS(=O)(=O)c1cccc(CNc2ccc([N+](=O)[O-])cc2S(=O)(=O)N2CCCC2)c1. The van der Waals surface area contributed by atoms with Crippen LogP contribution in [-0.4, -0.2) is 46.2 Å². The van der Waals surface area contributed by atoms with Gasteiger partial charge in [0.15, 0.2) is 0 Å². The average Bonchev–Trinajstić information content (AvgIpc) is 3.28. The minimum absolute atomic E-state index is 0.0814. The molecule has 12 heteroatoms. The van der Waals surface area contributed by atoms with Gasteiger partial charge in [-0.25, -0.2) is 21.6 Å². The molecule has 30 heavy (non-hydrogen) atoms. The van der Waals surface area contributed by atoms with Crippen LogP contribution in [0.3, 0.4) is 0 Å². The van der Waals surface area contributed by atoms with Crippen LogP contribution < -0.4 is 10.0 Å². The predicted octanol–water partition coefficient (Wildman–Crippen LogP) is 1.90. The standard InChI is InChI=1S/C18H22N4O6S2/c1-19-29(25,26)16-6-4-5-14(11-16)13-20-17-8-7-15(22(23)24)12-18(17)30(27,28)21-9-2-3-10-21/h4-8,11-12,19-20H,2-3,9-10,13H2,1H3. The van der Waals surface area contributed by atoms with E-state index in [4.69, 9.17) is 0 Å². The van der Waals surface area contributed by atoms with E-state index in [0.29, 0.717) is 18.7 Å². The van der Waals surface area contributed by atoms with E-state index in [1.807, 2.05) is 0 Å². The van der Waals surface area contributed by atoms with Crippen LogP contribution in [0.1, 0.15) is 18.4 Å². The molecule has 2 N–H and O–H groups in total. The highest BCUT2D eigenvalue weighted by molar-refractivity contribution is 7.89. The first kappa shape index (κ1) is 22.2. The molecule has 1 aliphatic heterocycles. The predicted molar refractivity (Wildman–Crippen MR) is 111 cm³/mol. The van der Waals surface area contributed by atoms with Crippen LogP contribution in [0.25, 0.3) is 0 Å². The molecule has 2 aromatic carbocycles. The van der Waals surface area contributed by atoms with Crippen LogP contribution >= 0.6 is 0 Å².